The third kappa shape index (κ3) is 2.29. The van der Waals surface area contributed by atoms with E-state index in [4.69, 9.17) is 11.6 Å². The molecule has 6 heteroatoms. The van der Waals surface area contributed by atoms with Gasteiger partial charge >= 0.3 is 0 Å². The molecule has 0 aliphatic heterocycles. The van der Waals surface area contributed by atoms with E-state index >= 15 is 0 Å². The molecule has 0 saturated heterocycles. The van der Waals surface area contributed by atoms with Crippen LogP contribution < -0.4 is 5.32 Å². The van der Waals surface area contributed by atoms with E-state index in [-0.39, 0.29) is 23.3 Å². The first-order chi connectivity index (χ1) is 10.7. The van der Waals surface area contributed by atoms with Gasteiger partial charge in [0, 0.05) is 10.9 Å². The van der Waals surface area contributed by atoms with Crippen LogP contribution in [-0.4, -0.2) is 21.1 Å². The highest BCUT2D eigenvalue weighted by atomic mass is 35.5. The second-order valence-corrected chi connectivity index (χ2v) is 6.70. The van der Waals surface area contributed by atoms with Gasteiger partial charge in [-0.15, -0.1) is 0 Å². The Labute approximate surface area is 133 Å². The third-order valence-corrected chi connectivity index (χ3v) is 5.08. The molecule has 2 aliphatic rings. The number of hydrogen-bond donors (Lipinski definition) is 2. The Bertz CT molecular complexity index is 696. The number of nitrogens with one attached hydrogen (secondary N) is 2. The number of nitrogens with zero attached hydrogens (tertiary/aromatic N) is 2. The minimum Gasteiger partial charge on any atom is -0.343 e. The van der Waals surface area contributed by atoms with Crippen LogP contribution in [0.2, 0.25) is 5.02 Å². The van der Waals surface area contributed by atoms with Crippen LogP contribution in [-0.2, 0) is 10.3 Å². The molecule has 1 aromatic heterocycles. The number of carbonyl (C=O) groups is 1. The molecule has 1 heterocycles. The van der Waals surface area contributed by atoms with Gasteiger partial charge in [0.1, 0.15) is 12.2 Å². The predicted octanol–water partition coefficient (Wildman–Crippen LogP) is 2.76. The summed E-state index contributed by atoms with van der Waals surface area (Å²) >= 11 is 6.03. The van der Waals surface area contributed by atoms with E-state index in [1.165, 1.54) is 6.33 Å². The average molecular weight is 317 g/mol. The van der Waals surface area contributed by atoms with E-state index in [1.54, 1.807) is 0 Å². The molecular formula is C16H17ClN4O. The van der Waals surface area contributed by atoms with E-state index in [0.29, 0.717) is 0 Å². The van der Waals surface area contributed by atoms with Crippen molar-refractivity contribution in [2.24, 2.45) is 5.92 Å². The molecule has 0 radical (unpaired) electrons. The van der Waals surface area contributed by atoms with Crippen molar-refractivity contribution in [3.8, 4) is 0 Å². The van der Waals surface area contributed by atoms with Gasteiger partial charge in [-0.3, -0.25) is 9.89 Å². The van der Waals surface area contributed by atoms with Crippen molar-refractivity contribution in [2.45, 2.75) is 37.1 Å². The van der Waals surface area contributed by atoms with Crippen molar-refractivity contribution < 1.29 is 4.79 Å². The van der Waals surface area contributed by atoms with Crippen molar-refractivity contribution in [1.82, 2.24) is 20.5 Å². The van der Waals surface area contributed by atoms with Gasteiger partial charge in [0.15, 0.2) is 0 Å². The topological polar surface area (TPSA) is 70.7 Å². The molecule has 5 nitrogen and oxygen atoms in total. The Morgan fingerprint density at radius 2 is 2.27 bits per heavy atom. The van der Waals surface area contributed by atoms with Crippen LogP contribution in [0.1, 0.15) is 43.0 Å². The summed E-state index contributed by atoms with van der Waals surface area (Å²) in [5.41, 5.74) is 0.810. The fourth-order valence-corrected chi connectivity index (χ4v) is 3.51. The van der Waals surface area contributed by atoms with Crippen LogP contribution in [0.25, 0.3) is 0 Å². The van der Waals surface area contributed by atoms with Crippen molar-refractivity contribution in [3.05, 3.63) is 47.0 Å². The zero-order valence-corrected chi connectivity index (χ0v) is 12.8. The highest BCUT2D eigenvalue weighted by Gasteiger charge is 2.49. The number of rotatable bonds is 4. The summed E-state index contributed by atoms with van der Waals surface area (Å²) in [5, 5.41) is 10.7. The first-order valence-corrected chi connectivity index (χ1v) is 7.99. The largest absolute Gasteiger partial charge is 0.343 e. The maximum Gasteiger partial charge on any atom is 0.224 e. The first-order valence-electron chi connectivity index (χ1n) is 7.61. The second-order valence-electron chi connectivity index (χ2n) is 6.26. The zero-order valence-electron chi connectivity index (χ0n) is 12.1. The zero-order chi connectivity index (χ0) is 15.2. The van der Waals surface area contributed by atoms with E-state index < -0.39 is 0 Å². The molecule has 0 bridgehead atoms. The summed E-state index contributed by atoms with van der Waals surface area (Å²) in [6, 6.07) is 7.79. The fourth-order valence-electron chi connectivity index (χ4n) is 3.31. The van der Waals surface area contributed by atoms with Gasteiger partial charge < -0.3 is 5.32 Å². The monoisotopic (exact) mass is 316 g/mol. The molecular weight excluding hydrogens is 300 g/mol. The Balaban J connectivity index is 1.46. The van der Waals surface area contributed by atoms with Crippen LogP contribution in [0.3, 0.4) is 0 Å². The molecule has 2 aromatic rings. The predicted molar refractivity (Wildman–Crippen MR) is 82.4 cm³/mol. The Morgan fingerprint density at radius 1 is 1.41 bits per heavy atom. The molecule has 0 spiro atoms. The van der Waals surface area contributed by atoms with Crippen LogP contribution in [0.15, 0.2) is 30.6 Å². The second kappa shape index (κ2) is 5.09. The average Bonchev–Trinajstić information content (AvgIpc) is 3.09. The summed E-state index contributed by atoms with van der Waals surface area (Å²) in [4.78, 5) is 16.8. The van der Waals surface area contributed by atoms with E-state index in [0.717, 1.165) is 42.1 Å². The van der Waals surface area contributed by atoms with Gasteiger partial charge in [0.25, 0.3) is 0 Å². The van der Waals surface area contributed by atoms with Gasteiger partial charge in [0.2, 0.25) is 5.91 Å². The molecule has 2 N–H and O–H groups in total. The van der Waals surface area contributed by atoms with Gasteiger partial charge in [-0.05, 0) is 49.3 Å². The number of H-pyrrole nitrogens is 1. The fraction of sp³-hybridized carbons (Fsp3) is 0.438. The Hall–Kier alpha value is -1.88. The van der Waals surface area contributed by atoms with Crippen LogP contribution in [0, 0.1) is 5.92 Å². The molecule has 2 aliphatic carbocycles. The quantitative estimate of drug-likeness (QED) is 0.911. The lowest BCUT2D eigenvalue weighted by Gasteiger charge is -2.40. The number of carbonyl (C=O) groups excluding carboxylic acids is 1. The number of benzene rings is 1. The normalized spacial score (nSPS) is 25.3. The lowest BCUT2D eigenvalue weighted by molar-refractivity contribution is -0.125. The minimum atomic E-state index is -0.338. The lowest BCUT2D eigenvalue weighted by Crippen LogP contribution is -2.52. The molecule has 2 atom stereocenters. The number of amides is 1. The molecule has 22 heavy (non-hydrogen) atoms. The number of hydrogen-bond acceptors (Lipinski definition) is 3. The minimum absolute atomic E-state index is 0.0406. The van der Waals surface area contributed by atoms with Gasteiger partial charge in [0.05, 0.1) is 5.54 Å². The van der Waals surface area contributed by atoms with Gasteiger partial charge in [-0.1, -0.05) is 23.7 Å². The smallest absolute Gasteiger partial charge is 0.224 e. The van der Waals surface area contributed by atoms with Crippen molar-refractivity contribution in [1.29, 1.82) is 0 Å². The summed E-state index contributed by atoms with van der Waals surface area (Å²) < 4.78 is 0. The number of halogens is 1. The Kier molecular flexibility index (Phi) is 3.18. The van der Waals surface area contributed by atoms with Crippen LogP contribution >= 0.6 is 11.6 Å². The van der Waals surface area contributed by atoms with E-state index in [2.05, 4.69) is 20.5 Å². The van der Waals surface area contributed by atoms with Gasteiger partial charge in [-0.25, -0.2) is 4.98 Å². The summed E-state index contributed by atoms with van der Waals surface area (Å²) in [5.74, 6) is 1.21. The molecule has 2 saturated carbocycles. The summed E-state index contributed by atoms with van der Waals surface area (Å²) in [7, 11) is 0. The highest BCUT2D eigenvalue weighted by molar-refractivity contribution is 6.30. The molecule has 4 rings (SSSR count). The molecule has 1 amide bonds. The maximum absolute atomic E-state index is 12.6. The highest BCUT2D eigenvalue weighted by Crippen LogP contribution is 2.49. The van der Waals surface area contributed by atoms with E-state index in [9.17, 15) is 4.79 Å². The molecule has 2 fully saturated rings. The molecule has 1 aromatic carbocycles. The third-order valence-electron chi connectivity index (χ3n) is 4.84. The van der Waals surface area contributed by atoms with E-state index in [1.807, 2.05) is 24.3 Å². The van der Waals surface area contributed by atoms with Crippen molar-refractivity contribution >= 4 is 17.5 Å². The van der Waals surface area contributed by atoms with Crippen molar-refractivity contribution in [3.63, 3.8) is 0 Å². The van der Waals surface area contributed by atoms with Gasteiger partial charge in [-0.2, -0.15) is 5.10 Å². The number of aromatic amines is 1. The SMILES string of the molecule is O=C(NC1(c2ncn[nH]2)CCC1)[C@H]1C[C@@H]1c1cccc(Cl)c1. The van der Waals surface area contributed by atoms with Crippen LogP contribution in [0.4, 0.5) is 0 Å². The Morgan fingerprint density at radius 3 is 2.91 bits per heavy atom. The first kappa shape index (κ1) is 13.8. The molecule has 0 unspecified atom stereocenters. The lowest BCUT2D eigenvalue weighted by atomic mass is 9.76. The summed E-state index contributed by atoms with van der Waals surface area (Å²) in [6.45, 7) is 0. The van der Waals surface area contributed by atoms with Crippen molar-refractivity contribution in [2.75, 3.05) is 0 Å². The summed E-state index contributed by atoms with van der Waals surface area (Å²) in [6.07, 6.45) is 5.32. The maximum atomic E-state index is 12.6. The standard InChI is InChI=1S/C16H17ClN4O/c17-11-4-1-3-10(7-11)12-8-13(12)14(22)20-16(5-2-6-16)15-18-9-19-21-15/h1,3-4,7,9,12-13H,2,5-6,8H2,(H,20,22)(H,18,19,21)/t12-,13+/m1/s1. The van der Waals surface area contributed by atoms with Crippen LogP contribution in [0.5, 0.6) is 0 Å². The molecule has 114 valence electrons. The number of aromatic nitrogens is 3.